The minimum atomic E-state index is -0.430. The number of para-hydroxylation sites is 2. The summed E-state index contributed by atoms with van der Waals surface area (Å²) in [6.07, 6.45) is 1.10. The van der Waals surface area contributed by atoms with Crippen molar-refractivity contribution in [2.24, 2.45) is 0 Å². The molecule has 3 aromatic rings. The van der Waals surface area contributed by atoms with Crippen LogP contribution in [0.5, 0.6) is 0 Å². The Morgan fingerprint density at radius 2 is 1.35 bits per heavy atom. The predicted molar refractivity (Wildman–Crippen MR) is 95.9 cm³/mol. The van der Waals surface area contributed by atoms with Gasteiger partial charge in [-0.1, -0.05) is 66.7 Å². The number of hydrogen-bond acceptors (Lipinski definition) is 2. The third-order valence-electron chi connectivity index (χ3n) is 3.94. The smallest absolute Gasteiger partial charge is 0.0793 e. The van der Waals surface area contributed by atoms with Gasteiger partial charge >= 0.3 is 0 Å². The van der Waals surface area contributed by atoms with Crippen LogP contribution in [-0.2, 0) is 6.42 Å². The fourth-order valence-electron chi connectivity index (χ4n) is 2.67. The van der Waals surface area contributed by atoms with Crippen LogP contribution in [0.25, 0.3) is 0 Å². The van der Waals surface area contributed by atoms with Crippen LogP contribution < -0.4 is 5.32 Å². The molecule has 116 valence electrons. The van der Waals surface area contributed by atoms with E-state index >= 15 is 0 Å². The molecule has 0 aliphatic carbocycles. The average Bonchev–Trinajstić information content (AvgIpc) is 2.62. The first-order valence-corrected chi connectivity index (χ1v) is 7.96. The van der Waals surface area contributed by atoms with E-state index in [2.05, 4.69) is 29.6 Å². The van der Waals surface area contributed by atoms with Crippen LogP contribution in [0.15, 0.2) is 84.9 Å². The topological polar surface area (TPSA) is 32.3 Å². The first-order chi connectivity index (χ1) is 11.3. The summed E-state index contributed by atoms with van der Waals surface area (Å²) in [4.78, 5) is 0. The van der Waals surface area contributed by atoms with Crippen LogP contribution in [0.3, 0.4) is 0 Å². The number of anilines is 2. The van der Waals surface area contributed by atoms with E-state index in [4.69, 9.17) is 0 Å². The monoisotopic (exact) mass is 303 g/mol. The van der Waals surface area contributed by atoms with Gasteiger partial charge in [-0.2, -0.15) is 0 Å². The van der Waals surface area contributed by atoms with Crippen LogP contribution in [-0.4, -0.2) is 5.11 Å². The van der Waals surface area contributed by atoms with Gasteiger partial charge in [-0.15, -0.1) is 0 Å². The Labute approximate surface area is 137 Å². The molecule has 3 aromatic carbocycles. The van der Waals surface area contributed by atoms with Crippen molar-refractivity contribution in [1.29, 1.82) is 0 Å². The van der Waals surface area contributed by atoms with Gasteiger partial charge in [-0.05, 0) is 42.2 Å². The second kappa shape index (κ2) is 7.61. The molecule has 0 radical (unpaired) electrons. The normalized spacial score (nSPS) is 11.9. The summed E-state index contributed by atoms with van der Waals surface area (Å²) in [7, 11) is 0. The van der Waals surface area contributed by atoms with E-state index in [1.807, 2.05) is 60.7 Å². The number of aliphatic hydroxyl groups excluding tert-OH is 1. The second-order valence-corrected chi connectivity index (χ2v) is 5.61. The lowest BCUT2D eigenvalue weighted by molar-refractivity contribution is 0.168. The lowest BCUT2D eigenvalue weighted by Gasteiger charge is -2.14. The number of benzene rings is 3. The molecule has 3 rings (SSSR count). The minimum Gasteiger partial charge on any atom is -0.388 e. The van der Waals surface area contributed by atoms with Crippen LogP contribution >= 0.6 is 0 Å². The first-order valence-electron chi connectivity index (χ1n) is 7.96. The maximum absolute atomic E-state index is 10.3. The van der Waals surface area contributed by atoms with Crippen molar-refractivity contribution in [3.8, 4) is 0 Å². The van der Waals surface area contributed by atoms with E-state index in [-0.39, 0.29) is 0 Å². The molecule has 0 saturated carbocycles. The molecule has 0 heterocycles. The van der Waals surface area contributed by atoms with Gasteiger partial charge in [0.1, 0.15) is 0 Å². The van der Waals surface area contributed by atoms with Crippen molar-refractivity contribution < 1.29 is 5.11 Å². The Morgan fingerprint density at radius 1 is 0.739 bits per heavy atom. The fraction of sp³-hybridized carbons (Fsp3) is 0.143. The van der Waals surface area contributed by atoms with E-state index in [1.165, 1.54) is 5.56 Å². The van der Waals surface area contributed by atoms with Crippen molar-refractivity contribution in [3.05, 3.63) is 96.1 Å². The third kappa shape index (κ3) is 4.21. The molecule has 2 nitrogen and oxygen atoms in total. The second-order valence-electron chi connectivity index (χ2n) is 5.61. The number of rotatable bonds is 6. The standard InChI is InChI=1S/C21H21NO/c23-21(18-10-3-1-4-11-18)16-15-17-9-7-8-14-20(17)22-19-12-5-2-6-13-19/h1-14,21-23H,15-16H2/t21-/m0/s1. The maximum atomic E-state index is 10.3. The highest BCUT2D eigenvalue weighted by molar-refractivity contribution is 5.63. The quantitative estimate of drug-likeness (QED) is 0.664. The van der Waals surface area contributed by atoms with Gasteiger partial charge in [0.15, 0.2) is 0 Å². The lowest BCUT2D eigenvalue weighted by atomic mass is 10.0. The minimum absolute atomic E-state index is 0.430. The Balaban J connectivity index is 1.68. The summed E-state index contributed by atoms with van der Waals surface area (Å²) >= 11 is 0. The van der Waals surface area contributed by atoms with Crippen molar-refractivity contribution in [2.75, 3.05) is 5.32 Å². The van der Waals surface area contributed by atoms with Crippen LogP contribution in [0.1, 0.15) is 23.7 Å². The van der Waals surface area contributed by atoms with Crippen molar-refractivity contribution in [3.63, 3.8) is 0 Å². The van der Waals surface area contributed by atoms with Gasteiger partial charge in [-0.25, -0.2) is 0 Å². The summed E-state index contributed by atoms with van der Waals surface area (Å²) in [5.41, 5.74) is 4.36. The van der Waals surface area contributed by atoms with Crippen molar-refractivity contribution >= 4 is 11.4 Å². The molecule has 2 heteroatoms. The van der Waals surface area contributed by atoms with Crippen molar-refractivity contribution in [1.82, 2.24) is 0 Å². The largest absolute Gasteiger partial charge is 0.388 e. The molecule has 0 amide bonds. The summed E-state index contributed by atoms with van der Waals surface area (Å²) in [6.45, 7) is 0. The predicted octanol–water partition coefficient (Wildman–Crippen LogP) is 5.10. The molecular formula is C21H21NO. The summed E-state index contributed by atoms with van der Waals surface area (Å²) in [5.74, 6) is 0. The Kier molecular flexibility index (Phi) is 5.07. The molecule has 1 atom stereocenters. The van der Waals surface area contributed by atoms with Gasteiger partial charge in [0.2, 0.25) is 0 Å². The Hall–Kier alpha value is -2.58. The molecule has 0 aliphatic rings. The van der Waals surface area contributed by atoms with Crippen molar-refractivity contribution in [2.45, 2.75) is 18.9 Å². The molecule has 0 fully saturated rings. The molecule has 0 spiro atoms. The van der Waals surface area contributed by atoms with Crippen LogP contribution in [0.4, 0.5) is 11.4 Å². The van der Waals surface area contributed by atoms with Gasteiger partial charge < -0.3 is 10.4 Å². The lowest BCUT2D eigenvalue weighted by Crippen LogP contribution is -2.01. The number of hydrogen-bond donors (Lipinski definition) is 2. The molecule has 0 aliphatic heterocycles. The third-order valence-corrected chi connectivity index (χ3v) is 3.94. The molecule has 0 unspecified atom stereocenters. The highest BCUT2D eigenvalue weighted by Gasteiger charge is 2.09. The Bertz CT molecular complexity index is 725. The van der Waals surface area contributed by atoms with E-state index in [0.29, 0.717) is 6.42 Å². The zero-order valence-corrected chi connectivity index (χ0v) is 13.0. The van der Waals surface area contributed by atoms with Crippen LogP contribution in [0.2, 0.25) is 0 Å². The average molecular weight is 303 g/mol. The van der Waals surface area contributed by atoms with E-state index in [0.717, 1.165) is 23.4 Å². The van der Waals surface area contributed by atoms with E-state index in [1.54, 1.807) is 0 Å². The zero-order valence-electron chi connectivity index (χ0n) is 13.0. The van der Waals surface area contributed by atoms with Gasteiger partial charge in [0.25, 0.3) is 0 Å². The van der Waals surface area contributed by atoms with Gasteiger partial charge in [0.05, 0.1) is 6.10 Å². The SMILES string of the molecule is O[C@@H](CCc1ccccc1Nc1ccccc1)c1ccccc1. The number of aliphatic hydroxyl groups is 1. The summed E-state index contributed by atoms with van der Waals surface area (Å²) in [6, 6.07) is 28.2. The van der Waals surface area contributed by atoms with E-state index < -0.39 is 6.10 Å². The van der Waals surface area contributed by atoms with Gasteiger partial charge in [-0.3, -0.25) is 0 Å². The number of aryl methyl sites for hydroxylation is 1. The molecular weight excluding hydrogens is 282 g/mol. The summed E-state index contributed by atoms with van der Waals surface area (Å²) in [5, 5.41) is 13.8. The highest BCUT2D eigenvalue weighted by atomic mass is 16.3. The number of nitrogens with one attached hydrogen (secondary N) is 1. The van der Waals surface area contributed by atoms with Crippen LogP contribution in [0, 0.1) is 0 Å². The van der Waals surface area contributed by atoms with Gasteiger partial charge in [0, 0.05) is 11.4 Å². The Morgan fingerprint density at radius 3 is 2.09 bits per heavy atom. The molecule has 0 saturated heterocycles. The molecule has 0 bridgehead atoms. The summed E-state index contributed by atoms with van der Waals surface area (Å²) < 4.78 is 0. The molecule has 2 N–H and O–H groups in total. The highest BCUT2D eigenvalue weighted by Crippen LogP contribution is 2.25. The maximum Gasteiger partial charge on any atom is 0.0793 e. The fourth-order valence-corrected chi connectivity index (χ4v) is 2.67. The molecule has 0 aromatic heterocycles. The zero-order chi connectivity index (χ0) is 15.9. The molecule has 23 heavy (non-hydrogen) atoms. The van der Waals surface area contributed by atoms with E-state index in [9.17, 15) is 5.11 Å². The first kappa shape index (κ1) is 15.3.